The fourth-order valence-corrected chi connectivity index (χ4v) is 5.08. The molecule has 1 aliphatic heterocycles. The van der Waals surface area contributed by atoms with Crippen LogP contribution in [0.3, 0.4) is 0 Å². The number of rotatable bonds is 3. The second kappa shape index (κ2) is 7.52. The van der Waals surface area contributed by atoms with E-state index in [1.165, 1.54) is 7.11 Å². The fourth-order valence-electron chi connectivity index (χ4n) is 5.08. The van der Waals surface area contributed by atoms with Crippen molar-refractivity contribution in [1.82, 2.24) is 15.1 Å². The summed E-state index contributed by atoms with van der Waals surface area (Å²) in [7, 11) is 1.38. The van der Waals surface area contributed by atoms with E-state index in [0.717, 1.165) is 34.0 Å². The van der Waals surface area contributed by atoms with Crippen LogP contribution >= 0.6 is 0 Å². The van der Waals surface area contributed by atoms with Crippen molar-refractivity contribution < 1.29 is 14.3 Å². The molecular weight excluding hydrogens is 390 g/mol. The molecule has 0 radical (unpaired) electrons. The van der Waals surface area contributed by atoms with Crippen molar-refractivity contribution in [3.8, 4) is 5.69 Å². The summed E-state index contributed by atoms with van der Waals surface area (Å²) in [4.78, 5) is 26.3. The number of ether oxygens (including phenoxy) is 1. The van der Waals surface area contributed by atoms with E-state index in [-0.39, 0.29) is 11.2 Å². The fraction of sp³-hybridized carbons (Fsp3) is 0.400. The number of allylic oxidation sites excluding steroid dienone is 3. The molecule has 1 N–H and O–H groups in total. The summed E-state index contributed by atoms with van der Waals surface area (Å²) in [5.74, 6) is -1.20. The molecule has 0 saturated heterocycles. The van der Waals surface area contributed by atoms with Crippen molar-refractivity contribution in [3.63, 3.8) is 0 Å². The number of benzene rings is 1. The second-order valence-electron chi connectivity index (χ2n) is 9.17. The maximum atomic E-state index is 13.4. The van der Waals surface area contributed by atoms with Gasteiger partial charge in [0, 0.05) is 35.0 Å². The number of nitrogens with zero attached hydrogens (tertiary/aromatic N) is 2. The third-order valence-corrected chi connectivity index (χ3v) is 6.30. The van der Waals surface area contributed by atoms with Gasteiger partial charge in [0.25, 0.3) is 0 Å². The number of carbonyl (C=O) groups excluding carboxylic acids is 2. The summed E-state index contributed by atoms with van der Waals surface area (Å²) in [6.07, 6.45) is 2.56. The highest BCUT2D eigenvalue weighted by Gasteiger charge is 2.47. The van der Waals surface area contributed by atoms with E-state index >= 15 is 0 Å². The van der Waals surface area contributed by atoms with Gasteiger partial charge in [0.1, 0.15) is 5.78 Å². The van der Waals surface area contributed by atoms with Crippen molar-refractivity contribution in [1.29, 1.82) is 0 Å². The second-order valence-corrected chi connectivity index (χ2v) is 9.17. The number of para-hydroxylation sites is 1. The summed E-state index contributed by atoms with van der Waals surface area (Å²) in [5, 5.41) is 8.12. The quantitative estimate of drug-likeness (QED) is 0.758. The summed E-state index contributed by atoms with van der Waals surface area (Å²) < 4.78 is 7.03. The smallest absolute Gasteiger partial charge is 0.336 e. The molecule has 1 aromatic carbocycles. The normalized spacial score (nSPS) is 22.5. The first-order valence-electron chi connectivity index (χ1n) is 10.6. The van der Waals surface area contributed by atoms with E-state index in [1.54, 1.807) is 0 Å². The van der Waals surface area contributed by atoms with Gasteiger partial charge in [0.05, 0.1) is 30.0 Å². The molecule has 2 aliphatic rings. The predicted molar refractivity (Wildman–Crippen MR) is 119 cm³/mol. The van der Waals surface area contributed by atoms with Crippen LogP contribution in [0.25, 0.3) is 5.69 Å². The summed E-state index contributed by atoms with van der Waals surface area (Å²) in [6.45, 7) is 9.92. The van der Waals surface area contributed by atoms with Gasteiger partial charge >= 0.3 is 5.97 Å². The Morgan fingerprint density at radius 2 is 1.84 bits per heavy atom. The number of ketones is 1. The minimum absolute atomic E-state index is 0.125. The Labute approximate surface area is 183 Å². The van der Waals surface area contributed by atoms with E-state index in [1.807, 2.05) is 55.8 Å². The average Bonchev–Trinajstić information content (AvgIpc) is 3.00. The van der Waals surface area contributed by atoms with Crippen molar-refractivity contribution in [2.75, 3.05) is 7.11 Å². The number of hydrogen-bond donors (Lipinski definition) is 1. The molecule has 4 rings (SSSR count). The van der Waals surface area contributed by atoms with Crippen molar-refractivity contribution in [2.45, 2.75) is 47.0 Å². The summed E-state index contributed by atoms with van der Waals surface area (Å²) in [6, 6.07) is 9.88. The molecule has 31 heavy (non-hydrogen) atoms. The number of methoxy groups -OCH3 is 1. The first-order chi connectivity index (χ1) is 14.6. The average molecular weight is 420 g/mol. The molecular formula is C25H29N3O3. The summed E-state index contributed by atoms with van der Waals surface area (Å²) in [5.41, 5.74) is 5.42. The lowest BCUT2D eigenvalue weighted by Gasteiger charge is -2.41. The van der Waals surface area contributed by atoms with Crippen molar-refractivity contribution in [2.24, 2.45) is 11.3 Å². The van der Waals surface area contributed by atoms with E-state index < -0.39 is 17.8 Å². The molecule has 0 spiro atoms. The summed E-state index contributed by atoms with van der Waals surface area (Å²) >= 11 is 0. The lowest BCUT2D eigenvalue weighted by Crippen LogP contribution is -2.43. The van der Waals surface area contributed by atoms with Crippen LogP contribution in [0.1, 0.15) is 50.1 Å². The van der Waals surface area contributed by atoms with Crippen LogP contribution in [-0.2, 0) is 14.3 Å². The molecule has 162 valence electrons. The topological polar surface area (TPSA) is 73.2 Å². The number of Topliss-reactive ketones (excluding diaryl/α,β-unsaturated/α-hetero) is 1. The Balaban J connectivity index is 1.96. The molecule has 0 amide bonds. The lowest BCUT2D eigenvalue weighted by molar-refractivity contribution is -0.136. The number of aryl methyl sites for hydroxylation is 1. The molecule has 2 aromatic rings. The van der Waals surface area contributed by atoms with Crippen LogP contribution in [0.5, 0.6) is 0 Å². The number of aromatic nitrogens is 2. The van der Waals surface area contributed by atoms with Crippen LogP contribution in [0.4, 0.5) is 0 Å². The van der Waals surface area contributed by atoms with E-state index in [4.69, 9.17) is 9.84 Å². The Morgan fingerprint density at radius 3 is 2.48 bits per heavy atom. The molecule has 1 aliphatic carbocycles. The molecule has 2 atom stereocenters. The first-order valence-corrected chi connectivity index (χ1v) is 10.6. The third-order valence-electron chi connectivity index (χ3n) is 6.30. The number of esters is 1. The van der Waals surface area contributed by atoms with E-state index in [2.05, 4.69) is 25.2 Å². The first kappa shape index (κ1) is 21.1. The van der Waals surface area contributed by atoms with Crippen LogP contribution in [0, 0.1) is 25.2 Å². The molecule has 1 aromatic heterocycles. The number of hydrogen-bond acceptors (Lipinski definition) is 5. The molecule has 0 bridgehead atoms. The zero-order chi connectivity index (χ0) is 22.5. The highest BCUT2D eigenvalue weighted by molar-refractivity contribution is 5.96. The number of nitrogens with one attached hydrogen (secondary N) is 1. The Hall–Kier alpha value is -3.15. The SMILES string of the molecule is COC(=O)C1=C(C)NC2=CC(C)(C)CC(=O)C2C1c1c(C)nn(-c2ccccc2)c1C. The molecule has 6 nitrogen and oxygen atoms in total. The highest BCUT2D eigenvalue weighted by Crippen LogP contribution is 2.48. The van der Waals surface area contributed by atoms with Gasteiger partial charge < -0.3 is 10.1 Å². The van der Waals surface area contributed by atoms with Gasteiger partial charge in [-0.15, -0.1) is 0 Å². The van der Waals surface area contributed by atoms with Gasteiger partial charge in [-0.3, -0.25) is 4.79 Å². The lowest BCUT2D eigenvalue weighted by atomic mass is 9.66. The van der Waals surface area contributed by atoms with Crippen LogP contribution in [0.15, 0.2) is 53.4 Å². The van der Waals surface area contributed by atoms with Gasteiger partial charge in [0.15, 0.2) is 0 Å². The number of carbonyl (C=O) groups is 2. The standard InChI is InChI=1S/C25H29N3O3/c1-14-21(24(30)31-6)23(22-18(26-14)12-25(4,5)13-19(22)29)20-15(2)27-28(16(20)3)17-10-8-7-9-11-17/h7-12,22-23,26H,13H2,1-6H3. The van der Waals surface area contributed by atoms with Gasteiger partial charge in [-0.05, 0) is 38.3 Å². The Morgan fingerprint density at radius 1 is 1.16 bits per heavy atom. The number of fused-ring (bicyclic) bond motifs is 1. The van der Waals surface area contributed by atoms with Gasteiger partial charge in [-0.25, -0.2) is 9.48 Å². The van der Waals surface area contributed by atoms with Crippen LogP contribution in [-0.4, -0.2) is 28.6 Å². The van der Waals surface area contributed by atoms with Gasteiger partial charge in [0.2, 0.25) is 0 Å². The van der Waals surface area contributed by atoms with E-state index in [9.17, 15) is 9.59 Å². The van der Waals surface area contributed by atoms with Gasteiger partial charge in [-0.2, -0.15) is 5.10 Å². The zero-order valence-electron chi connectivity index (χ0n) is 18.9. The monoisotopic (exact) mass is 419 g/mol. The maximum Gasteiger partial charge on any atom is 0.336 e. The molecule has 0 fully saturated rings. The van der Waals surface area contributed by atoms with Crippen molar-refractivity contribution in [3.05, 3.63) is 70.3 Å². The van der Waals surface area contributed by atoms with Crippen LogP contribution < -0.4 is 5.32 Å². The third kappa shape index (κ3) is 3.50. The van der Waals surface area contributed by atoms with E-state index in [0.29, 0.717) is 12.0 Å². The Kier molecular flexibility index (Phi) is 5.12. The zero-order valence-corrected chi connectivity index (χ0v) is 18.9. The van der Waals surface area contributed by atoms with Gasteiger partial charge in [-0.1, -0.05) is 38.1 Å². The molecule has 0 saturated carbocycles. The minimum Gasteiger partial charge on any atom is -0.466 e. The maximum absolute atomic E-state index is 13.4. The molecule has 6 heteroatoms. The minimum atomic E-state index is -0.461. The molecule has 2 heterocycles. The highest BCUT2D eigenvalue weighted by atomic mass is 16.5. The Bertz CT molecular complexity index is 1120. The largest absolute Gasteiger partial charge is 0.466 e. The predicted octanol–water partition coefficient (Wildman–Crippen LogP) is 4.12. The van der Waals surface area contributed by atoms with Crippen molar-refractivity contribution >= 4 is 11.8 Å². The van der Waals surface area contributed by atoms with Crippen LogP contribution in [0.2, 0.25) is 0 Å². The molecule has 2 unspecified atom stereocenters.